The Hall–Kier alpha value is -4.71. The van der Waals surface area contributed by atoms with Crippen molar-refractivity contribution in [2.24, 2.45) is 7.05 Å². The monoisotopic (exact) mass is 567 g/mol. The van der Waals surface area contributed by atoms with E-state index in [9.17, 15) is 22.8 Å². The maximum Gasteiger partial charge on any atom is 0.573 e. The number of hydrogen-bond acceptors (Lipinski definition) is 5. The van der Waals surface area contributed by atoms with Crippen molar-refractivity contribution < 1.29 is 27.5 Å². The van der Waals surface area contributed by atoms with Crippen molar-refractivity contribution in [3.8, 4) is 17.0 Å². The lowest BCUT2D eigenvalue weighted by Gasteiger charge is -2.20. The topological polar surface area (TPSA) is 88.5 Å². The molecule has 0 fully saturated rings. The van der Waals surface area contributed by atoms with Gasteiger partial charge in [0.25, 0.3) is 11.8 Å². The quantitative estimate of drug-likeness (QED) is 0.291. The number of aryl methyl sites for hydroxylation is 1. The molecule has 0 atom stereocenters. The minimum absolute atomic E-state index is 0.152. The van der Waals surface area contributed by atoms with E-state index in [1.165, 1.54) is 16.8 Å². The van der Waals surface area contributed by atoms with E-state index in [1.54, 1.807) is 50.2 Å². The summed E-state index contributed by atoms with van der Waals surface area (Å²) in [6.07, 6.45) is -4.82. The third-order valence-corrected chi connectivity index (χ3v) is 6.33. The number of amides is 2. The number of alkyl halides is 3. The molecule has 12 heteroatoms. The molecule has 206 valence electrons. The second kappa shape index (κ2) is 11.6. The number of thiocarbonyl (C=S) groups is 1. The highest BCUT2D eigenvalue weighted by atomic mass is 32.1. The Labute approximate surface area is 233 Å². The molecule has 2 amide bonds. The Morgan fingerprint density at radius 1 is 0.925 bits per heavy atom. The molecule has 1 aromatic heterocycles. The zero-order valence-corrected chi connectivity index (χ0v) is 22.4. The molecule has 40 heavy (non-hydrogen) atoms. The molecule has 0 saturated carbocycles. The molecule has 0 aliphatic carbocycles. The number of aromatic nitrogens is 2. The Morgan fingerprint density at radius 3 is 2.12 bits per heavy atom. The molecule has 1 heterocycles. The lowest BCUT2D eigenvalue weighted by Crippen LogP contribution is -2.40. The van der Waals surface area contributed by atoms with E-state index in [0.717, 1.165) is 23.4 Å². The van der Waals surface area contributed by atoms with Crippen molar-refractivity contribution >= 4 is 40.6 Å². The highest BCUT2D eigenvalue weighted by Crippen LogP contribution is 2.30. The van der Waals surface area contributed by atoms with Crippen LogP contribution in [-0.4, -0.2) is 40.1 Å². The normalized spacial score (nSPS) is 11.1. The molecule has 0 saturated heterocycles. The minimum atomic E-state index is -4.82. The second-order valence-corrected chi connectivity index (χ2v) is 9.09. The summed E-state index contributed by atoms with van der Waals surface area (Å²) in [4.78, 5) is 26.8. The van der Waals surface area contributed by atoms with E-state index in [4.69, 9.17) is 12.2 Å². The number of rotatable bonds is 6. The SMILES string of the molecule is Cc1c(-c2ccc(N(C)C(=S)NC(=O)c3ccccc3)cc2)nn(C)c1NC(=O)c1ccc(OC(F)(F)F)cc1. The van der Waals surface area contributed by atoms with Crippen molar-refractivity contribution in [1.82, 2.24) is 15.1 Å². The number of halogens is 3. The van der Waals surface area contributed by atoms with Gasteiger partial charge in [0.15, 0.2) is 5.11 Å². The van der Waals surface area contributed by atoms with Crippen molar-refractivity contribution in [2.75, 3.05) is 17.3 Å². The predicted octanol–water partition coefficient (Wildman–Crippen LogP) is 5.70. The van der Waals surface area contributed by atoms with Gasteiger partial charge in [-0.1, -0.05) is 30.3 Å². The van der Waals surface area contributed by atoms with Gasteiger partial charge in [-0.25, -0.2) is 0 Å². The maximum absolute atomic E-state index is 12.7. The summed E-state index contributed by atoms with van der Waals surface area (Å²) in [6, 6.07) is 20.7. The highest BCUT2D eigenvalue weighted by molar-refractivity contribution is 7.80. The fourth-order valence-corrected chi connectivity index (χ4v) is 4.07. The van der Waals surface area contributed by atoms with Crippen molar-refractivity contribution in [2.45, 2.75) is 13.3 Å². The summed E-state index contributed by atoms with van der Waals surface area (Å²) in [5.41, 5.74) is 3.48. The number of nitrogens with zero attached hydrogens (tertiary/aromatic N) is 3. The van der Waals surface area contributed by atoms with Crippen LogP contribution >= 0.6 is 12.2 Å². The van der Waals surface area contributed by atoms with E-state index in [-0.39, 0.29) is 16.6 Å². The summed E-state index contributed by atoms with van der Waals surface area (Å²) in [6.45, 7) is 1.80. The van der Waals surface area contributed by atoms with Gasteiger partial charge in [-0.3, -0.25) is 19.6 Å². The zero-order chi connectivity index (χ0) is 29.0. The molecule has 0 unspecified atom stereocenters. The lowest BCUT2D eigenvalue weighted by molar-refractivity contribution is -0.274. The van der Waals surface area contributed by atoms with Crippen LogP contribution in [0.5, 0.6) is 5.75 Å². The van der Waals surface area contributed by atoms with Gasteiger partial charge in [0.05, 0.1) is 5.69 Å². The Bertz CT molecular complexity index is 1540. The summed E-state index contributed by atoms with van der Waals surface area (Å²) in [7, 11) is 3.41. The molecule has 0 bridgehead atoms. The Kier molecular flexibility index (Phi) is 8.19. The van der Waals surface area contributed by atoms with Crippen molar-refractivity contribution in [1.29, 1.82) is 0 Å². The number of carbonyl (C=O) groups is 2. The van der Waals surface area contributed by atoms with E-state index >= 15 is 0 Å². The first-order chi connectivity index (χ1) is 18.9. The molecular formula is C28H24F3N5O3S. The largest absolute Gasteiger partial charge is 0.573 e. The second-order valence-electron chi connectivity index (χ2n) is 8.70. The van der Waals surface area contributed by atoms with Crippen LogP contribution in [0, 0.1) is 6.92 Å². The maximum atomic E-state index is 12.7. The number of hydrogen-bond donors (Lipinski definition) is 2. The number of ether oxygens (including phenoxy) is 1. The molecule has 3 aromatic carbocycles. The Balaban J connectivity index is 1.44. The van der Waals surface area contributed by atoms with Crippen LogP contribution in [0.4, 0.5) is 24.7 Å². The molecule has 4 aromatic rings. The fourth-order valence-electron chi connectivity index (χ4n) is 3.87. The van der Waals surface area contributed by atoms with E-state index in [1.807, 2.05) is 30.3 Å². The molecule has 2 N–H and O–H groups in total. The summed E-state index contributed by atoms with van der Waals surface area (Å²) in [5, 5.41) is 10.2. The highest BCUT2D eigenvalue weighted by Gasteiger charge is 2.31. The van der Waals surface area contributed by atoms with Gasteiger partial charge in [-0.15, -0.1) is 13.2 Å². The van der Waals surface area contributed by atoms with Gasteiger partial charge in [-0.05, 0) is 67.7 Å². The first kappa shape index (κ1) is 28.3. The number of benzene rings is 3. The molecule has 8 nitrogen and oxygen atoms in total. The van der Waals surface area contributed by atoms with E-state index < -0.39 is 18.0 Å². The number of carbonyl (C=O) groups excluding carboxylic acids is 2. The summed E-state index contributed by atoms with van der Waals surface area (Å²) >= 11 is 5.39. The van der Waals surface area contributed by atoms with Crippen LogP contribution in [0.1, 0.15) is 26.3 Å². The van der Waals surface area contributed by atoms with Gasteiger partial charge >= 0.3 is 6.36 Å². The van der Waals surface area contributed by atoms with Gasteiger partial charge in [0.1, 0.15) is 11.6 Å². The lowest BCUT2D eigenvalue weighted by atomic mass is 10.1. The molecule has 4 rings (SSSR count). The van der Waals surface area contributed by atoms with Crippen LogP contribution in [0.2, 0.25) is 0 Å². The van der Waals surface area contributed by atoms with Gasteiger partial charge in [0.2, 0.25) is 0 Å². The molecular weight excluding hydrogens is 543 g/mol. The zero-order valence-electron chi connectivity index (χ0n) is 21.6. The molecule has 0 aliphatic heterocycles. The number of nitrogens with one attached hydrogen (secondary N) is 2. The predicted molar refractivity (Wildman–Crippen MR) is 149 cm³/mol. The number of anilines is 2. The van der Waals surface area contributed by atoms with Crippen molar-refractivity contribution in [3.05, 3.63) is 95.6 Å². The van der Waals surface area contributed by atoms with Crippen LogP contribution in [-0.2, 0) is 7.05 Å². The van der Waals surface area contributed by atoms with Crippen LogP contribution in [0.3, 0.4) is 0 Å². The van der Waals surface area contributed by atoms with Gasteiger partial charge in [0, 0.05) is 42.0 Å². The van der Waals surface area contributed by atoms with Gasteiger partial charge in [-0.2, -0.15) is 5.10 Å². The summed E-state index contributed by atoms with van der Waals surface area (Å²) < 4.78 is 42.5. The Morgan fingerprint density at radius 2 is 1.52 bits per heavy atom. The molecule has 0 aliphatic rings. The molecule has 0 spiro atoms. The fraction of sp³-hybridized carbons (Fsp3) is 0.143. The third kappa shape index (κ3) is 6.64. The van der Waals surface area contributed by atoms with E-state index in [2.05, 4.69) is 20.5 Å². The van der Waals surface area contributed by atoms with E-state index in [0.29, 0.717) is 22.6 Å². The van der Waals surface area contributed by atoms with Crippen LogP contribution in [0.15, 0.2) is 78.9 Å². The van der Waals surface area contributed by atoms with Crippen molar-refractivity contribution in [3.63, 3.8) is 0 Å². The van der Waals surface area contributed by atoms with Crippen LogP contribution in [0.25, 0.3) is 11.3 Å². The summed E-state index contributed by atoms with van der Waals surface area (Å²) in [5.74, 6) is -0.810. The average molecular weight is 568 g/mol. The van der Waals surface area contributed by atoms with Crippen LogP contribution < -0.4 is 20.3 Å². The third-order valence-electron chi connectivity index (χ3n) is 5.96. The average Bonchev–Trinajstić information content (AvgIpc) is 3.21. The first-order valence-electron chi connectivity index (χ1n) is 11.9. The van der Waals surface area contributed by atoms with Gasteiger partial charge < -0.3 is 15.0 Å². The smallest absolute Gasteiger partial charge is 0.406 e. The standard InChI is InChI=1S/C28H24F3N5O3S/c1-17-23(34-36(3)24(17)32-25(37)20-11-15-22(16-12-20)39-28(29,30)31)18-9-13-21(14-10-18)35(2)27(40)33-26(38)19-7-5-4-6-8-19/h4-16H,1-3H3,(H,32,37)(H,33,38,40). The first-order valence-corrected chi connectivity index (χ1v) is 12.3. The minimum Gasteiger partial charge on any atom is -0.406 e. The molecule has 0 radical (unpaired) electrons.